The van der Waals surface area contributed by atoms with E-state index in [9.17, 15) is 4.79 Å². The van der Waals surface area contributed by atoms with E-state index >= 15 is 0 Å². The van der Waals surface area contributed by atoms with Crippen LogP contribution in [0.1, 0.15) is 35.9 Å². The van der Waals surface area contributed by atoms with Crippen molar-refractivity contribution in [3.8, 4) is 11.5 Å². The first kappa shape index (κ1) is 18.5. The maximum absolute atomic E-state index is 12.9. The van der Waals surface area contributed by atoms with Gasteiger partial charge in [-0.1, -0.05) is 18.2 Å². The minimum Gasteiger partial charge on any atom is -0.454 e. The van der Waals surface area contributed by atoms with Crippen molar-refractivity contribution in [3.63, 3.8) is 0 Å². The number of para-hydroxylation sites is 1. The number of nitrogens with one attached hydrogen (secondary N) is 1. The topological polar surface area (TPSA) is 85.8 Å². The molecule has 0 radical (unpaired) electrons. The number of anilines is 1. The maximum Gasteiger partial charge on any atom is 0.259 e. The highest BCUT2D eigenvalue weighted by Crippen LogP contribution is 2.30. The third-order valence-electron chi connectivity index (χ3n) is 4.90. The predicted molar refractivity (Wildman–Crippen MR) is 118 cm³/mol. The zero-order valence-electron chi connectivity index (χ0n) is 16.7. The highest BCUT2D eigenvalue weighted by atomic mass is 32.1. The molecular formula is C22H19N5O2S. The first-order valence-corrected chi connectivity index (χ1v) is 10.5. The van der Waals surface area contributed by atoms with E-state index in [2.05, 4.69) is 20.4 Å². The molecule has 4 aromatic heterocycles. The number of aromatic nitrogens is 4. The Morgan fingerprint density at radius 2 is 2.00 bits per heavy atom. The smallest absolute Gasteiger partial charge is 0.259 e. The Morgan fingerprint density at radius 3 is 2.80 bits per heavy atom. The number of thiazole rings is 1. The van der Waals surface area contributed by atoms with E-state index in [4.69, 9.17) is 4.42 Å². The predicted octanol–water partition coefficient (Wildman–Crippen LogP) is 5.44. The zero-order chi connectivity index (χ0) is 20.8. The van der Waals surface area contributed by atoms with Gasteiger partial charge in [-0.05, 0) is 39.0 Å². The van der Waals surface area contributed by atoms with Gasteiger partial charge in [-0.2, -0.15) is 5.10 Å². The highest BCUT2D eigenvalue weighted by molar-refractivity contribution is 7.14. The molecular weight excluding hydrogens is 398 g/mol. The Bertz CT molecular complexity index is 1360. The van der Waals surface area contributed by atoms with Crippen molar-refractivity contribution < 1.29 is 9.21 Å². The number of fused-ring (bicyclic) bond motifs is 2. The van der Waals surface area contributed by atoms with Crippen LogP contribution in [0.3, 0.4) is 0 Å². The average molecular weight is 417 g/mol. The lowest BCUT2D eigenvalue weighted by Crippen LogP contribution is -2.14. The summed E-state index contributed by atoms with van der Waals surface area (Å²) in [5, 5.41) is 11.5. The van der Waals surface area contributed by atoms with E-state index in [1.54, 1.807) is 6.20 Å². The Labute approximate surface area is 176 Å². The van der Waals surface area contributed by atoms with Crippen LogP contribution in [0.4, 0.5) is 5.13 Å². The maximum atomic E-state index is 12.9. The number of carbonyl (C=O) groups excluding carboxylic acids is 1. The number of amides is 1. The Morgan fingerprint density at radius 1 is 1.17 bits per heavy atom. The Balaban J connectivity index is 1.41. The molecule has 0 fully saturated rings. The molecule has 0 bridgehead atoms. The number of furan rings is 1. The molecule has 1 amide bonds. The normalized spacial score (nSPS) is 11.6. The molecule has 5 aromatic rings. The van der Waals surface area contributed by atoms with Crippen LogP contribution in [0.25, 0.3) is 33.5 Å². The number of hydrogen-bond acceptors (Lipinski definition) is 6. The first-order valence-electron chi connectivity index (χ1n) is 9.60. The summed E-state index contributed by atoms with van der Waals surface area (Å²) in [6.07, 6.45) is 1.74. The molecule has 7 nitrogen and oxygen atoms in total. The van der Waals surface area contributed by atoms with Crippen LogP contribution in [0.5, 0.6) is 0 Å². The molecule has 0 saturated carbocycles. The van der Waals surface area contributed by atoms with Crippen LogP contribution in [-0.4, -0.2) is 25.7 Å². The Hall–Kier alpha value is -3.52. The van der Waals surface area contributed by atoms with Gasteiger partial charge < -0.3 is 4.42 Å². The van der Waals surface area contributed by atoms with Crippen molar-refractivity contribution >= 4 is 44.4 Å². The van der Waals surface area contributed by atoms with Crippen molar-refractivity contribution in [2.45, 2.75) is 26.8 Å². The lowest BCUT2D eigenvalue weighted by molar-refractivity contribution is 0.102. The number of hydrogen-bond donors (Lipinski definition) is 1. The van der Waals surface area contributed by atoms with Gasteiger partial charge in [0.2, 0.25) is 0 Å². The summed E-state index contributed by atoms with van der Waals surface area (Å²) in [4.78, 5) is 22.0. The summed E-state index contributed by atoms with van der Waals surface area (Å²) in [6.45, 7) is 5.92. The van der Waals surface area contributed by atoms with Crippen molar-refractivity contribution in [1.29, 1.82) is 0 Å². The van der Waals surface area contributed by atoms with E-state index in [1.165, 1.54) is 11.3 Å². The second-order valence-electron chi connectivity index (χ2n) is 7.36. The summed E-state index contributed by atoms with van der Waals surface area (Å²) in [6, 6.07) is 11.8. The van der Waals surface area contributed by atoms with Crippen LogP contribution in [0.2, 0.25) is 0 Å². The SMILES string of the molecule is Cc1nc2c(cnn2C(C)C)cc1C(=O)Nc1nc(-c2cc3ccccc3o2)cs1. The molecule has 0 atom stereocenters. The van der Waals surface area contributed by atoms with Gasteiger partial charge in [0.05, 0.1) is 17.5 Å². The van der Waals surface area contributed by atoms with E-state index in [0.717, 1.165) is 22.0 Å². The number of benzene rings is 1. The summed E-state index contributed by atoms with van der Waals surface area (Å²) in [5.74, 6) is 0.429. The molecule has 0 aliphatic rings. The van der Waals surface area contributed by atoms with Gasteiger partial charge in [-0.3, -0.25) is 10.1 Å². The van der Waals surface area contributed by atoms with Crippen molar-refractivity contribution in [2.75, 3.05) is 5.32 Å². The molecule has 30 heavy (non-hydrogen) atoms. The molecule has 0 unspecified atom stereocenters. The monoisotopic (exact) mass is 417 g/mol. The summed E-state index contributed by atoms with van der Waals surface area (Å²) in [5.41, 5.74) is 3.43. The standard InChI is InChI=1S/C22H19N5O2S/c1-12(2)27-20-15(10-23-27)8-16(13(3)24-20)21(28)26-22-25-17(11-30-22)19-9-14-6-4-5-7-18(14)29-19/h4-12H,1-3H3,(H,25,26,28). The summed E-state index contributed by atoms with van der Waals surface area (Å²) >= 11 is 1.35. The van der Waals surface area contributed by atoms with Crippen LogP contribution >= 0.6 is 11.3 Å². The molecule has 0 aliphatic carbocycles. The highest BCUT2D eigenvalue weighted by Gasteiger charge is 2.17. The van der Waals surface area contributed by atoms with Gasteiger partial charge in [0.1, 0.15) is 11.3 Å². The van der Waals surface area contributed by atoms with Crippen LogP contribution in [-0.2, 0) is 0 Å². The minimum atomic E-state index is -0.246. The molecule has 8 heteroatoms. The fraction of sp³-hybridized carbons (Fsp3) is 0.182. The number of rotatable bonds is 4. The van der Waals surface area contributed by atoms with Gasteiger partial charge in [-0.15, -0.1) is 11.3 Å². The molecule has 0 saturated heterocycles. The van der Waals surface area contributed by atoms with Crippen LogP contribution in [0.15, 0.2) is 52.4 Å². The van der Waals surface area contributed by atoms with Crippen molar-refractivity contribution in [3.05, 3.63) is 59.2 Å². The van der Waals surface area contributed by atoms with Gasteiger partial charge in [0.25, 0.3) is 5.91 Å². The number of carbonyl (C=O) groups is 1. The van der Waals surface area contributed by atoms with Gasteiger partial charge in [0, 0.05) is 22.2 Å². The average Bonchev–Trinajstić information content (AvgIpc) is 3.44. The molecule has 1 N–H and O–H groups in total. The van der Waals surface area contributed by atoms with Gasteiger partial charge in [-0.25, -0.2) is 14.6 Å². The molecule has 0 aliphatic heterocycles. The van der Waals surface area contributed by atoms with Crippen LogP contribution in [0, 0.1) is 6.92 Å². The third-order valence-corrected chi connectivity index (χ3v) is 5.65. The largest absolute Gasteiger partial charge is 0.454 e. The van der Waals surface area contributed by atoms with Crippen molar-refractivity contribution in [1.82, 2.24) is 19.7 Å². The number of pyridine rings is 1. The second-order valence-corrected chi connectivity index (χ2v) is 8.22. The molecule has 5 rings (SSSR count). The quantitative estimate of drug-likeness (QED) is 0.421. The van der Waals surface area contributed by atoms with E-state index in [-0.39, 0.29) is 11.9 Å². The second kappa shape index (κ2) is 7.07. The third kappa shape index (κ3) is 3.15. The molecule has 1 aromatic carbocycles. The van der Waals surface area contributed by atoms with E-state index < -0.39 is 0 Å². The zero-order valence-corrected chi connectivity index (χ0v) is 17.5. The first-order chi connectivity index (χ1) is 14.5. The Kier molecular flexibility index (Phi) is 4.36. The van der Waals surface area contributed by atoms with Gasteiger partial charge in [0.15, 0.2) is 16.5 Å². The molecule has 0 spiro atoms. The van der Waals surface area contributed by atoms with E-state index in [0.29, 0.717) is 27.8 Å². The fourth-order valence-corrected chi connectivity index (χ4v) is 4.09. The molecule has 4 heterocycles. The minimum absolute atomic E-state index is 0.195. The van der Waals surface area contributed by atoms with Gasteiger partial charge >= 0.3 is 0 Å². The number of nitrogens with zero attached hydrogens (tertiary/aromatic N) is 4. The number of aryl methyl sites for hydroxylation is 1. The molecule has 150 valence electrons. The lowest BCUT2D eigenvalue weighted by Gasteiger charge is -2.09. The lowest BCUT2D eigenvalue weighted by atomic mass is 10.1. The fourth-order valence-electron chi connectivity index (χ4n) is 3.39. The van der Waals surface area contributed by atoms with Crippen molar-refractivity contribution in [2.24, 2.45) is 0 Å². The van der Waals surface area contributed by atoms with E-state index in [1.807, 2.05) is 67.2 Å². The summed E-state index contributed by atoms with van der Waals surface area (Å²) < 4.78 is 7.71. The summed E-state index contributed by atoms with van der Waals surface area (Å²) in [7, 11) is 0. The van der Waals surface area contributed by atoms with Crippen LogP contribution < -0.4 is 5.32 Å².